The van der Waals surface area contributed by atoms with Crippen LogP contribution in [0.3, 0.4) is 0 Å². The van der Waals surface area contributed by atoms with Crippen molar-refractivity contribution in [3.63, 3.8) is 0 Å². The van der Waals surface area contributed by atoms with E-state index in [0.29, 0.717) is 24.6 Å². The second-order valence-electron chi connectivity index (χ2n) is 9.25. The normalized spacial score (nSPS) is 14.8. The molecule has 0 spiro atoms. The van der Waals surface area contributed by atoms with Gasteiger partial charge in [-0.25, -0.2) is 13.6 Å². The molecule has 0 aromatic heterocycles. The first-order valence-electron chi connectivity index (χ1n) is 11.7. The number of carbonyl (C=O) groups excluding carboxylic acids is 1. The molecule has 6 nitrogen and oxygen atoms in total. The Kier molecular flexibility index (Phi) is 9.10. The number of hydrogen-bond donors (Lipinski definition) is 1. The molecular formula is C26H35F2N3O3. The maximum absolute atomic E-state index is 14.0. The van der Waals surface area contributed by atoms with Gasteiger partial charge in [0.1, 0.15) is 11.5 Å². The molecule has 1 aliphatic heterocycles. The third-order valence-electron chi connectivity index (χ3n) is 6.00. The van der Waals surface area contributed by atoms with Crippen molar-refractivity contribution in [2.24, 2.45) is 5.92 Å². The number of benzene rings is 2. The predicted molar refractivity (Wildman–Crippen MR) is 128 cm³/mol. The summed E-state index contributed by atoms with van der Waals surface area (Å²) in [5.41, 5.74) is 1.38. The van der Waals surface area contributed by atoms with E-state index < -0.39 is 11.6 Å². The molecule has 0 radical (unpaired) electrons. The highest BCUT2D eigenvalue weighted by atomic mass is 19.2. The summed E-state index contributed by atoms with van der Waals surface area (Å²) in [6, 6.07) is 9.51. The Balaban J connectivity index is 1.71. The Bertz CT molecular complexity index is 945. The van der Waals surface area contributed by atoms with Crippen molar-refractivity contribution in [1.82, 2.24) is 15.1 Å². The van der Waals surface area contributed by atoms with Crippen LogP contribution in [0.25, 0.3) is 0 Å². The molecule has 8 heteroatoms. The van der Waals surface area contributed by atoms with E-state index in [1.54, 1.807) is 4.90 Å². The topological polar surface area (TPSA) is 54.0 Å². The lowest BCUT2D eigenvalue weighted by molar-refractivity contribution is 0.126. The number of rotatable bonds is 9. The van der Waals surface area contributed by atoms with Gasteiger partial charge in [-0.15, -0.1) is 0 Å². The van der Waals surface area contributed by atoms with E-state index in [1.807, 2.05) is 31.3 Å². The number of nitrogens with one attached hydrogen (secondary N) is 1. The third-order valence-corrected chi connectivity index (χ3v) is 6.00. The molecule has 2 aromatic rings. The number of likely N-dealkylation sites (tertiary alicyclic amines) is 1. The number of halogens is 2. The van der Waals surface area contributed by atoms with Crippen molar-refractivity contribution < 1.29 is 23.0 Å². The summed E-state index contributed by atoms with van der Waals surface area (Å²) < 4.78 is 38.6. The summed E-state index contributed by atoms with van der Waals surface area (Å²) in [4.78, 5) is 17.2. The van der Waals surface area contributed by atoms with Gasteiger partial charge in [0, 0.05) is 24.2 Å². The number of amides is 2. The molecule has 0 bridgehead atoms. The molecule has 1 N–H and O–H groups in total. The highest BCUT2D eigenvalue weighted by Crippen LogP contribution is 2.26. The lowest BCUT2D eigenvalue weighted by atomic mass is 10.0. The third kappa shape index (κ3) is 7.06. The number of methoxy groups -OCH3 is 1. The van der Waals surface area contributed by atoms with Crippen LogP contribution in [0.4, 0.5) is 13.6 Å². The summed E-state index contributed by atoms with van der Waals surface area (Å²) >= 11 is 0. The van der Waals surface area contributed by atoms with Gasteiger partial charge >= 0.3 is 6.03 Å². The van der Waals surface area contributed by atoms with Crippen LogP contribution in [0.15, 0.2) is 36.4 Å². The van der Waals surface area contributed by atoms with E-state index in [2.05, 4.69) is 24.1 Å². The molecule has 186 valence electrons. The Hall–Kier alpha value is -2.87. The van der Waals surface area contributed by atoms with E-state index in [-0.39, 0.29) is 24.4 Å². The summed E-state index contributed by atoms with van der Waals surface area (Å²) in [7, 11) is 3.46. The maximum Gasteiger partial charge on any atom is 0.318 e. The number of hydrogen-bond acceptors (Lipinski definition) is 4. The van der Waals surface area contributed by atoms with Gasteiger partial charge in [0.15, 0.2) is 11.6 Å². The average molecular weight is 476 g/mol. The number of ether oxygens (including phenoxy) is 2. The largest absolute Gasteiger partial charge is 0.496 e. The Labute approximate surface area is 200 Å². The van der Waals surface area contributed by atoms with Crippen LogP contribution < -0.4 is 14.8 Å². The number of urea groups is 1. The zero-order valence-electron chi connectivity index (χ0n) is 20.4. The van der Waals surface area contributed by atoms with Crippen LogP contribution >= 0.6 is 0 Å². The Morgan fingerprint density at radius 3 is 2.41 bits per heavy atom. The minimum absolute atomic E-state index is 0.0131. The fraction of sp³-hybridized carbons (Fsp3) is 0.500. The van der Waals surface area contributed by atoms with Gasteiger partial charge < -0.3 is 24.6 Å². The average Bonchev–Trinajstić information content (AvgIpc) is 2.83. The smallest absolute Gasteiger partial charge is 0.318 e. The summed E-state index contributed by atoms with van der Waals surface area (Å²) in [6.45, 7) is 7.03. The van der Waals surface area contributed by atoms with Crippen LogP contribution in [-0.2, 0) is 13.1 Å². The minimum atomic E-state index is -0.975. The second-order valence-corrected chi connectivity index (χ2v) is 9.25. The first-order chi connectivity index (χ1) is 16.3. The molecule has 1 saturated heterocycles. The van der Waals surface area contributed by atoms with Gasteiger partial charge in [-0.3, -0.25) is 0 Å². The van der Waals surface area contributed by atoms with Crippen molar-refractivity contribution in [3.05, 3.63) is 59.2 Å². The van der Waals surface area contributed by atoms with Crippen LogP contribution in [0.1, 0.15) is 37.8 Å². The highest BCUT2D eigenvalue weighted by molar-refractivity contribution is 5.74. The van der Waals surface area contributed by atoms with Gasteiger partial charge in [-0.05, 0) is 62.7 Å². The lowest BCUT2D eigenvalue weighted by Gasteiger charge is -2.37. The first kappa shape index (κ1) is 25.7. The van der Waals surface area contributed by atoms with E-state index >= 15 is 0 Å². The van der Waals surface area contributed by atoms with Crippen LogP contribution in [0.5, 0.6) is 11.5 Å². The maximum atomic E-state index is 14.0. The Morgan fingerprint density at radius 1 is 1.15 bits per heavy atom. The molecule has 0 aliphatic carbocycles. The highest BCUT2D eigenvalue weighted by Gasteiger charge is 2.28. The van der Waals surface area contributed by atoms with Crippen LogP contribution in [0.2, 0.25) is 0 Å². The van der Waals surface area contributed by atoms with E-state index in [0.717, 1.165) is 49.4 Å². The molecule has 0 unspecified atom stereocenters. The molecule has 2 aromatic carbocycles. The molecular weight excluding hydrogens is 440 g/mol. The molecule has 2 amide bonds. The number of carbonyl (C=O) groups is 1. The van der Waals surface area contributed by atoms with Gasteiger partial charge in [-0.1, -0.05) is 26.0 Å². The van der Waals surface area contributed by atoms with E-state index in [4.69, 9.17) is 9.47 Å². The molecule has 1 aliphatic rings. The second kappa shape index (κ2) is 12.0. The van der Waals surface area contributed by atoms with Gasteiger partial charge in [0.25, 0.3) is 0 Å². The standard InChI is InChI=1S/C26H35F2N3O3/c1-18(2)17-34-22-7-5-19(6-8-22)15-29-26(32)31(21-9-11-30(3)12-10-21)16-20-13-23(27)24(28)14-25(20)33-4/h5-8,13-14,18,21H,9-12,15-17H2,1-4H3,(H,29,32). The molecule has 3 rings (SSSR count). The summed E-state index contributed by atoms with van der Waals surface area (Å²) in [5.74, 6) is -0.475. The van der Waals surface area contributed by atoms with Gasteiger partial charge in [-0.2, -0.15) is 0 Å². The zero-order valence-corrected chi connectivity index (χ0v) is 20.4. The number of piperidine rings is 1. The van der Waals surface area contributed by atoms with Crippen molar-refractivity contribution in [3.8, 4) is 11.5 Å². The number of nitrogens with zero attached hydrogens (tertiary/aromatic N) is 2. The monoisotopic (exact) mass is 475 g/mol. The van der Waals surface area contributed by atoms with Gasteiger partial charge in [0.05, 0.1) is 20.3 Å². The van der Waals surface area contributed by atoms with Gasteiger partial charge in [0.2, 0.25) is 0 Å². The lowest BCUT2D eigenvalue weighted by Crippen LogP contribution is -2.49. The van der Waals surface area contributed by atoms with Crippen molar-refractivity contribution in [2.75, 3.05) is 33.9 Å². The van der Waals surface area contributed by atoms with Crippen LogP contribution in [-0.4, -0.2) is 55.7 Å². The fourth-order valence-corrected chi connectivity index (χ4v) is 3.99. The Morgan fingerprint density at radius 2 is 1.79 bits per heavy atom. The minimum Gasteiger partial charge on any atom is -0.496 e. The predicted octanol–water partition coefficient (Wildman–Crippen LogP) is 4.81. The fourth-order valence-electron chi connectivity index (χ4n) is 3.99. The SMILES string of the molecule is COc1cc(F)c(F)cc1CN(C(=O)NCc1ccc(OCC(C)C)cc1)C1CCN(C)CC1. The zero-order chi connectivity index (χ0) is 24.7. The quantitative estimate of drug-likeness (QED) is 0.565. The van der Waals surface area contributed by atoms with E-state index in [1.165, 1.54) is 7.11 Å². The van der Waals surface area contributed by atoms with Crippen molar-refractivity contribution >= 4 is 6.03 Å². The molecule has 1 fully saturated rings. The van der Waals surface area contributed by atoms with Crippen molar-refractivity contribution in [2.45, 2.75) is 45.8 Å². The summed E-state index contributed by atoms with van der Waals surface area (Å²) in [5, 5.41) is 2.98. The first-order valence-corrected chi connectivity index (χ1v) is 11.7. The summed E-state index contributed by atoms with van der Waals surface area (Å²) in [6.07, 6.45) is 1.61. The van der Waals surface area contributed by atoms with Crippen LogP contribution in [0, 0.1) is 17.6 Å². The van der Waals surface area contributed by atoms with E-state index in [9.17, 15) is 13.6 Å². The molecule has 34 heavy (non-hydrogen) atoms. The molecule has 0 saturated carbocycles. The molecule has 1 heterocycles. The van der Waals surface area contributed by atoms with Crippen molar-refractivity contribution in [1.29, 1.82) is 0 Å². The molecule has 0 atom stereocenters.